The SMILES string of the molecule is CCOC(=O)c1c(C)[nH]c(/C(C)=N/NC(=O)c2ccc3c(c2)nc(C)n3CC)c1C. The van der Waals surface area contributed by atoms with Crippen molar-refractivity contribution < 1.29 is 14.3 Å². The van der Waals surface area contributed by atoms with Crippen LogP contribution in [-0.4, -0.2) is 38.7 Å². The van der Waals surface area contributed by atoms with Crippen LogP contribution in [0.2, 0.25) is 0 Å². The third kappa shape index (κ3) is 3.85. The van der Waals surface area contributed by atoms with Crippen LogP contribution in [0.5, 0.6) is 0 Å². The molecule has 3 aromatic rings. The van der Waals surface area contributed by atoms with Gasteiger partial charge in [0.1, 0.15) is 5.82 Å². The van der Waals surface area contributed by atoms with Crippen LogP contribution in [0.25, 0.3) is 11.0 Å². The highest BCUT2D eigenvalue weighted by molar-refractivity contribution is 6.04. The van der Waals surface area contributed by atoms with Crippen molar-refractivity contribution in [3.05, 3.63) is 52.1 Å². The number of hydrogen-bond donors (Lipinski definition) is 2. The number of fused-ring (bicyclic) bond motifs is 1. The molecular formula is C22H27N5O3. The van der Waals surface area contributed by atoms with Gasteiger partial charge in [0.15, 0.2) is 0 Å². The Hall–Kier alpha value is -3.42. The Morgan fingerprint density at radius 3 is 2.63 bits per heavy atom. The summed E-state index contributed by atoms with van der Waals surface area (Å²) in [7, 11) is 0. The Labute approximate surface area is 175 Å². The molecule has 0 saturated heterocycles. The number of esters is 1. The number of carbonyl (C=O) groups excluding carboxylic acids is 2. The van der Waals surface area contributed by atoms with Crippen molar-refractivity contribution in [3.8, 4) is 0 Å². The van der Waals surface area contributed by atoms with E-state index >= 15 is 0 Å². The van der Waals surface area contributed by atoms with Gasteiger partial charge in [-0.15, -0.1) is 0 Å². The van der Waals surface area contributed by atoms with Crippen molar-refractivity contribution in [1.29, 1.82) is 0 Å². The lowest BCUT2D eigenvalue weighted by atomic mass is 10.1. The van der Waals surface area contributed by atoms with Gasteiger partial charge in [-0.3, -0.25) is 4.79 Å². The topological polar surface area (TPSA) is 101 Å². The molecule has 2 N–H and O–H groups in total. The number of nitrogens with one attached hydrogen (secondary N) is 2. The van der Waals surface area contributed by atoms with Gasteiger partial charge in [0.05, 0.1) is 34.6 Å². The molecule has 0 fully saturated rings. The highest BCUT2D eigenvalue weighted by Gasteiger charge is 2.20. The second-order valence-corrected chi connectivity index (χ2v) is 7.09. The predicted octanol–water partition coefficient (Wildman–Crippen LogP) is 3.64. The molecule has 0 unspecified atom stereocenters. The number of imidazole rings is 1. The number of rotatable bonds is 6. The number of H-pyrrole nitrogens is 1. The molecule has 0 radical (unpaired) electrons. The van der Waals surface area contributed by atoms with Crippen LogP contribution in [-0.2, 0) is 11.3 Å². The Morgan fingerprint density at radius 1 is 1.23 bits per heavy atom. The van der Waals surface area contributed by atoms with E-state index in [9.17, 15) is 9.59 Å². The summed E-state index contributed by atoms with van der Waals surface area (Å²) in [6.07, 6.45) is 0. The molecular weight excluding hydrogens is 382 g/mol. The monoisotopic (exact) mass is 409 g/mol. The summed E-state index contributed by atoms with van der Waals surface area (Å²) in [5.41, 5.74) is 8.02. The normalized spacial score (nSPS) is 11.7. The number of amides is 1. The number of hydrogen-bond acceptors (Lipinski definition) is 5. The van der Waals surface area contributed by atoms with Crippen LogP contribution in [0.1, 0.15) is 64.3 Å². The molecule has 2 heterocycles. The van der Waals surface area contributed by atoms with E-state index in [2.05, 4.69) is 32.0 Å². The Morgan fingerprint density at radius 2 is 1.97 bits per heavy atom. The first-order valence-corrected chi connectivity index (χ1v) is 9.96. The second kappa shape index (κ2) is 8.52. The first-order valence-electron chi connectivity index (χ1n) is 9.96. The van der Waals surface area contributed by atoms with Gasteiger partial charge in [0, 0.05) is 17.8 Å². The first-order chi connectivity index (χ1) is 14.3. The van der Waals surface area contributed by atoms with Gasteiger partial charge in [-0.2, -0.15) is 5.10 Å². The molecule has 8 nitrogen and oxygen atoms in total. The molecule has 0 atom stereocenters. The maximum atomic E-state index is 12.6. The molecule has 0 aliphatic heterocycles. The third-order valence-corrected chi connectivity index (χ3v) is 5.12. The Bertz CT molecular complexity index is 1150. The minimum atomic E-state index is -0.373. The van der Waals surface area contributed by atoms with E-state index in [-0.39, 0.29) is 11.9 Å². The molecule has 0 spiro atoms. The average molecular weight is 409 g/mol. The van der Waals surface area contributed by atoms with Crippen LogP contribution in [0, 0.1) is 20.8 Å². The molecule has 0 aliphatic rings. The van der Waals surface area contributed by atoms with Crippen molar-refractivity contribution in [2.45, 2.75) is 48.1 Å². The summed E-state index contributed by atoms with van der Waals surface area (Å²) >= 11 is 0. The third-order valence-electron chi connectivity index (χ3n) is 5.12. The van der Waals surface area contributed by atoms with Crippen molar-refractivity contribution in [3.63, 3.8) is 0 Å². The summed E-state index contributed by atoms with van der Waals surface area (Å²) in [6.45, 7) is 12.3. The van der Waals surface area contributed by atoms with Gasteiger partial charge in [0.2, 0.25) is 0 Å². The number of carbonyl (C=O) groups is 2. The van der Waals surface area contributed by atoms with Gasteiger partial charge >= 0.3 is 5.97 Å². The Kier molecular flexibility index (Phi) is 6.05. The summed E-state index contributed by atoms with van der Waals surface area (Å²) in [5.74, 6) is 0.211. The molecule has 0 saturated carbocycles. The first kappa shape index (κ1) is 21.3. The van der Waals surface area contributed by atoms with Gasteiger partial charge in [0.25, 0.3) is 5.91 Å². The summed E-state index contributed by atoms with van der Waals surface area (Å²) < 4.78 is 7.21. The number of aromatic amines is 1. The maximum Gasteiger partial charge on any atom is 0.340 e. The van der Waals surface area contributed by atoms with Crippen molar-refractivity contribution in [2.24, 2.45) is 5.10 Å². The van der Waals surface area contributed by atoms with Crippen molar-refractivity contribution in [1.82, 2.24) is 20.0 Å². The predicted molar refractivity (Wildman–Crippen MR) is 116 cm³/mol. The summed E-state index contributed by atoms with van der Waals surface area (Å²) in [6, 6.07) is 5.42. The summed E-state index contributed by atoms with van der Waals surface area (Å²) in [5, 5.41) is 4.22. The van der Waals surface area contributed by atoms with Crippen molar-refractivity contribution in [2.75, 3.05) is 6.61 Å². The zero-order chi connectivity index (χ0) is 22.0. The smallest absolute Gasteiger partial charge is 0.340 e. The standard InChI is InChI=1S/C22H27N5O3/c1-7-27-15(6)24-17-11-16(9-10-18(17)27)21(28)26-25-14(5)20-12(3)19(13(4)23-20)22(29)30-8-2/h9-11,23H,7-8H2,1-6H3,(H,26,28)/b25-14+. The van der Waals surface area contributed by atoms with Crippen LogP contribution >= 0.6 is 0 Å². The van der Waals surface area contributed by atoms with E-state index in [0.717, 1.165) is 29.0 Å². The highest BCUT2D eigenvalue weighted by Crippen LogP contribution is 2.20. The fourth-order valence-corrected chi connectivity index (χ4v) is 3.67. The number of aromatic nitrogens is 3. The fourth-order valence-electron chi connectivity index (χ4n) is 3.67. The molecule has 2 aromatic heterocycles. The summed E-state index contributed by atoms with van der Waals surface area (Å²) in [4.78, 5) is 32.5. The number of aryl methyl sites for hydroxylation is 3. The maximum absolute atomic E-state index is 12.6. The lowest BCUT2D eigenvalue weighted by Crippen LogP contribution is -2.19. The number of hydrazone groups is 1. The number of ether oxygens (including phenoxy) is 1. The van der Waals surface area contributed by atoms with E-state index in [0.29, 0.717) is 34.8 Å². The molecule has 8 heteroatoms. The van der Waals surface area contributed by atoms with Gasteiger partial charge < -0.3 is 14.3 Å². The van der Waals surface area contributed by atoms with Crippen LogP contribution < -0.4 is 5.43 Å². The highest BCUT2D eigenvalue weighted by atomic mass is 16.5. The van der Waals surface area contributed by atoms with E-state index in [1.54, 1.807) is 32.9 Å². The zero-order valence-electron chi connectivity index (χ0n) is 18.2. The molecule has 3 rings (SSSR count). The van der Waals surface area contributed by atoms with Crippen LogP contribution in [0.15, 0.2) is 23.3 Å². The van der Waals surface area contributed by atoms with E-state index < -0.39 is 0 Å². The number of nitrogens with zero attached hydrogens (tertiary/aromatic N) is 3. The zero-order valence-corrected chi connectivity index (χ0v) is 18.2. The average Bonchev–Trinajstić information content (AvgIpc) is 3.19. The van der Waals surface area contributed by atoms with Crippen LogP contribution in [0.3, 0.4) is 0 Å². The quantitative estimate of drug-likeness (QED) is 0.369. The van der Waals surface area contributed by atoms with Gasteiger partial charge in [-0.25, -0.2) is 15.2 Å². The molecule has 0 bridgehead atoms. The van der Waals surface area contributed by atoms with Gasteiger partial charge in [-0.05, 0) is 65.3 Å². The lowest BCUT2D eigenvalue weighted by Gasteiger charge is -2.05. The molecule has 30 heavy (non-hydrogen) atoms. The van der Waals surface area contributed by atoms with Gasteiger partial charge in [-0.1, -0.05) is 0 Å². The number of benzene rings is 1. The van der Waals surface area contributed by atoms with Crippen LogP contribution in [0.4, 0.5) is 0 Å². The molecule has 0 aliphatic carbocycles. The lowest BCUT2D eigenvalue weighted by molar-refractivity contribution is 0.0525. The molecule has 158 valence electrons. The van der Waals surface area contributed by atoms with E-state index in [1.807, 2.05) is 19.9 Å². The minimum Gasteiger partial charge on any atom is -0.462 e. The van der Waals surface area contributed by atoms with E-state index in [4.69, 9.17) is 4.74 Å². The second-order valence-electron chi connectivity index (χ2n) is 7.09. The minimum absolute atomic E-state index is 0.307. The van der Waals surface area contributed by atoms with E-state index in [1.165, 1.54) is 0 Å². The van der Waals surface area contributed by atoms with Crippen molar-refractivity contribution >= 4 is 28.6 Å². The molecule has 1 aromatic carbocycles. The largest absolute Gasteiger partial charge is 0.462 e. The Balaban J connectivity index is 1.82. The fraction of sp³-hybridized carbons (Fsp3) is 0.364. The molecule has 1 amide bonds.